The van der Waals surface area contributed by atoms with E-state index >= 15 is 0 Å². The average Bonchev–Trinajstić information content (AvgIpc) is 2.26. The highest BCUT2D eigenvalue weighted by molar-refractivity contribution is 7.80. The van der Waals surface area contributed by atoms with E-state index in [1.165, 1.54) is 0 Å². The maximum Gasteiger partial charge on any atom is 0.120 e. The van der Waals surface area contributed by atoms with Crippen molar-refractivity contribution in [2.75, 3.05) is 5.75 Å². The molecule has 0 aliphatic rings. The Morgan fingerprint density at radius 1 is 1.18 bits per heavy atom. The molecule has 1 aromatic rings. The van der Waals surface area contributed by atoms with Crippen LogP contribution in [0.2, 0.25) is 0 Å². The molecule has 0 heterocycles. The smallest absolute Gasteiger partial charge is 0.120 e. The fraction of sp³-hybridized carbons (Fsp3) is 0.538. The van der Waals surface area contributed by atoms with E-state index in [-0.39, 0.29) is 11.4 Å². The minimum absolute atomic E-state index is 0.224. The molecule has 0 bridgehead atoms. The Balaban J connectivity index is 2.74. The van der Waals surface area contributed by atoms with Gasteiger partial charge in [0.1, 0.15) is 17.5 Å². The number of ether oxygens (including phenoxy) is 1. The largest absolute Gasteiger partial charge is 0.488 e. The molecule has 2 atom stereocenters. The molecular weight excluding hydrogens is 236 g/mol. The van der Waals surface area contributed by atoms with E-state index in [0.717, 1.165) is 5.75 Å². The summed E-state index contributed by atoms with van der Waals surface area (Å²) in [7, 11) is 0. The first-order chi connectivity index (χ1) is 7.83. The van der Waals surface area contributed by atoms with Crippen LogP contribution in [0.3, 0.4) is 0 Å². The van der Waals surface area contributed by atoms with Crippen LogP contribution in [0.25, 0.3) is 0 Å². The second-order valence-electron chi connectivity index (χ2n) is 4.98. The molecule has 0 saturated carbocycles. The Morgan fingerprint density at radius 3 is 2.12 bits per heavy atom. The molecule has 96 valence electrons. The van der Waals surface area contributed by atoms with E-state index in [1.54, 1.807) is 24.3 Å². The van der Waals surface area contributed by atoms with Gasteiger partial charge in [-0.25, -0.2) is 0 Å². The third kappa shape index (κ3) is 4.58. The van der Waals surface area contributed by atoms with Gasteiger partial charge in [-0.2, -0.15) is 12.6 Å². The number of aliphatic hydroxyl groups is 2. The van der Waals surface area contributed by atoms with Crippen molar-refractivity contribution in [1.82, 2.24) is 0 Å². The summed E-state index contributed by atoms with van der Waals surface area (Å²) in [5.74, 6) is 0.968. The number of aliphatic hydroxyl groups excluding tert-OH is 2. The molecule has 0 aliphatic heterocycles. The second-order valence-corrected chi connectivity index (χ2v) is 5.34. The first-order valence-electron chi connectivity index (χ1n) is 5.59. The van der Waals surface area contributed by atoms with Crippen LogP contribution in [0.4, 0.5) is 0 Å². The first kappa shape index (κ1) is 14.4. The van der Waals surface area contributed by atoms with E-state index in [4.69, 9.17) is 4.74 Å². The second kappa shape index (κ2) is 5.76. The molecule has 17 heavy (non-hydrogen) atoms. The molecule has 0 radical (unpaired) electrons. The van der Waals surface area contributed by atoms with Crippen molar-refractivity contribution in [3.05, 3.63) is 29.8 Å². The Morgan fingerprint density at radius 2 is 1.71 bits per heavy atom. The van der Waals surface area contributed by atoms with Gasteiger partial charge in [0.05, 0.1) is 6.10 Å². The minimum Gasteiger partial charge on any atom is -0.488 e. The Labute approximate surface area is 108 Å². The molecule has 3 nitrogen and oxygen atoms in total. The SMILES string of the molecule is CC(C)(C)Oc1ccc(C(O)C(O)CS)cc1. The molecule has 0 amide bonds. The van der Waals surface area contributed by atoms with Crippen LogP contribution in [0.1, 0.15) is 32.4 Å². The van der Waals surface area contributed by atoms with Crippen molar-refractivity contribution in [3.63, 3.8) is 0 Å². The van der Waals surface area contributed by atoms with Crippen LogP contribution >= 0.6 is 12.6 Å². The molecule has 1 rings (SSSR count). The number of rotatable bonds is 4. The van der Waals surface area contributed by atoms with Crippen LogP contribution in [-0.4, -0.2) is 27.7 Å². The van der Waals surface area contributed by atoms with Crippen LogP contribution in [0.5, 0.6) is 5.75 Å². The maximum atomic E-state index is 9.77. The molecule has 0 aliphatic carbocycles. The third-order valence-corrected chi connectivity index (χ3v) is 2.57. The Hall–Kier alpha value is -0.710. The normalized spacial score (nSPS) is 15.4. The summed E-state index contributed by atoms with van der Waals surface area (Å²) >= 11 is 3.95. The highest BCUT2D eigenvalue weighted by Gasteiger charge is 2.17. The van der Waals surface area contributed by atoms with Gasteiger partial charge >= 0.3 is 0 Å². The van der Waals surface area contributed by atoms with Gasteiger partial charge in [-0.05, 0) is 38.5 Å². The third-order valence-electron chi connectivity index (χ3n) is 2.20. The van der Waals surface area contributed by atoms with Crippen molar-refractivity contribution < 1.29 is 14.9 Å². The van der Waals surface area contributed by atoms with Crippen molar-refractivity contribution in [1.29, 1.82) is 0 Å². The summed E-state index contributed by atoms with van der Waals surface area (Å²) < 4.78 is 5.66. The minimum atomic E-state index is -0.906. The number of benzene rings is 1. The van der Waals surface area contributed by atoms with Gasteiger partial charge in [0, 0.05) is 5.75 Å². The van der Waals surface area contributed by atoms with Gasteiger partial charge in [-0.15, -0.1) is 0 Å². The zero-order valence-electron chi connectivity index (χ0n) is 10.4. The van der Waals surface area contributed by atoms with Gasteiger partial charge in [0.2, 0.25) is 0 Å². The van der Waals surface area contributed by atoms with Gasteiger partial charge in [0.25, 0.3) is 0 Å². The molecular formula is C13H20O3S. The van der Waals surface area contributed by atoms with Crippen molar-refractivity contribution >= 4 is 12.6 Å². The lowest BCUT2D eigenvalue weighted by Crippen LogP contribution is -2.23. The number of hydrogen-bond donors (Lipinski definition) is 3. The van der Waals surface area contributed by atoms with E-state index in [2.05, 4.69) is 12.6 Å². The number of hydrogen-bond acceptors (Lipinski definition) is 4. The highest BCUT2D eigenvalue weighted by atomic mass is 32.1. The van der Waals surface area contributed by atoms with E-state index in [0.29, 0.717) is 5.56 Å². The molecule has 0 fully saturated rings. The standard InChI is InChI=1S/C13H20O3S/c1-13(2,3)16-10-6-4-9(5-7-10)12(15)11(14)8-17/h4-7,11-12,14-15,17H,8H2,1-3H3. The lowest BCUT2D eigenvalue weighted by atomic mass is 10.1. The summed E-state index contributed by atoms with van der Waals surface area (Å²) in [6.45, 7) is 5.92. The molecule has 2 unspecified atom stereocenters. The molecule has 0 spiro atoms. The Kier molecular flexibility index (Phi) is 4.86. The molecule has 4 heteroatoms. The fourth-order valence-electron chi connectivity index (χ4n) is 1.41. The molecule has 1 aromatic carbocycles. The van der Waals surface area contributed by atoms with E-state index in [9.17, 15) is 10.2 Å². The van der Waals surface area contributed by atoms with Crippen LogP contribution < -0.4 is 4.74 Å². The molecule has 2 N–H and O–H groups in total. The topological polar surface area (TPSA) is 49.7 Å². The fourth-order valence-corrected chi connectivity index (χ4v) is 1.61. The predicted octanol–water partition coefficient (Wildman–Crippen LogP) is 2.19. The number of thiol groups is 1. The predicted molar refractivity (Wildman–Crippen MR) is 71.6 cm³/mol. The van der Waals surface area contributed by atoms with Crippen LogP contribution in [-0.2, 0) is 0 Å². The summed E-state index contributed by atoms with van der Waals surface area (Å²) in [5.41, 5.74) is 0.415. The summed E-state index contributed by atoms with van der Waals surface area (Å²) in [4.78, 5) is 0. The zero-order chi connectivity index (χ0) is 13.1. The maximum absolute atomic E-state index is 9.77. The first-order valence-corrected chi connectivity index (χ1v) is 6.22. The Bertz CT molecular complexity index is 343. The summed E-state index contributed by atoms with van der Waals surface area (Å²) in [6, 6.07) is 7.07. The van der Waals surface area contributed by atoms with Gasteiger partial charge in [0.15, 0.2) is 0 Å². The van der Waals surface area contributed by atoms with Crippen molar-refractivity contribution in [2.24, 2.45) is 0 Å². The lowest BCUT2D eigenvalue weighted by Gasteiger charge is -2.22. The summed E-state index contributed by atoms with van der Waals surface area (Å²) in [6.07, 6.45) is -1.76. The monoisotopic (exact) mass is 256 g/mol. The molecule has 0 saturated heterocycles. The van der Waals surface area contributed by atoms with E-state index < -0.39 is 12.2 Å². The average molecular weight is 256 g/mol. The summed E-state index contributed by atoms with van der Waals surface area (Å²) in [5, 5.41) is 19.3. The van der Waals surface area contributed by atoms with Crippen molar-refractivity contribution in [3.8, 4) is 5.75 Å². The van der Waals surface area contributed by atoms with Crippen LogP contribution in [0.15, 0.2) is 24.3 Å². The van der Waals surface area contributed by atoms with E-state index in [1.807, 2.05) is 20.8 Å². The lowest BCUT2D eigenvalue weighted by molar-refractivity contribution is 0.0336. The highest BCUT2D eigenvalue weighted by Crippen LogP contribution is 2.23. The van der Waals surface area contributed by atoms with Crippen LogP contribution in [0, 0.1) is 0 Å². The molecule has 0 aromatic heterocycles. The van der Waals surface area contributed by atoms with Gasteiger partial charge in [-0.1, -0.05) is 12.1 Å². The van der Waals surface area contributed by atoms with Gasteiger partial charge in [-0.3, -0.25) is 0 Å². The quantitative estimate of drug-likeness (QED) is 0.724. The zero-order valence-corrected chi connectivity index (χ0v) is 11.3. The van der Waals surface area contributed by atoms with Gasteiger partial charge < -0.3 is 14.9 Å². The van der Waals surface area contributed by atoms with Crippen molar-refractivity contribution in [2.45, 2.75) is 38.6 Å².